The third-order valence-electron chi connectivity index (χ3n) is 3.05. The van der Waals surface area contributed by atoms with E-state index in [0.717, 1.165) is 24.9 Å². The molecule has 0 heterocycles. The fourth-order valence-corrected chi connectivity index (χ4v) is 2.22. The van der Waals surface area contributed by atoms with Gasteiger partial charge in [-0.25, -0.2) is 0 Å². The summed E-state index contributed by atoms with van der Waals surface area (Å²) in [5.41, 5.74) is 1.66. The first kappa shape index (κ1) is 15.0. The normalized spacial score (nSPS) is 10.7. The van der Waals surface area contributed by atoms with Gasteiger partial charge >= 0.3 is 0 Å². The van der Waals surface area contributed by atoms with Crippen LogP contribution >= 0.6 is 11.6 Å². The molecule has 2 nitrogen and oxygen atoms in total. The third kappa shape index (κ3) is 4.02. The number of unbranched alkanes of at least 4 members (excludes halogenated alkanes) is 2. The van der Waals surface area contributed by atoms with Gasteiger partial charge in [-0.3, -0.25) is 4.79 Å². The molecule has 3 heteroatoms. The maximum Gasteiger partial charge on any atom is 0.152 e. The highest BCUT2D eigenvalue weighted by molar-refractivity contribution is 6.31. The van der Waals surface area contributed by atoms with Gasteiger partial charge < -0.3 is 4.90 Å². The minimum Gasteiger partial charge on any atom is -0.368 e. The van der Waals surface area contributed by atoms with Gasteiger partial charge in [0, 0.05) is 28.9 Å². The van der Waals surface area contributed by atoms with Gasteiger partial charge in [-0.2, -0.15) is 0 Å². The first-order valence-corrected chi connectivity index (χ1v) is 6.99. The number of aldehydes is 1. The van der Waals surface area contributed by atoms with E-state index in [1.807, 2.05) is 6.07 Å². The average molecular weight is 268 g/mol. The first-order chi connectivity index (χ1) is 8.60. The predicted molar refractivity (Wildman–Crippen MR) is 78.8 cm³/mol. The molecule has 0 unspecified atom stereocenters. The Kier molecular flexibility index (Phi) is 6.20. The van der Waals surface area contributed by atoms with Gasteiger partial charge in [-0.1, -0.05) is 31.4 Å². The zero-order valence-electron chi connectivity index (χ0n) is 11.4. The van der Waals surface area contributed by atoms with Crippen LogP contribution in [0, 0.1) is 0 Å². The van der Waals surface area contributed by atoms with E-state index < -0.39 is 0 Å². The maximum atomic E-state index is 11.1. The molecule has 0 N–H and O–H groups in total. The van der Waals surface area contributed by atoms with Gasteiger partial charge in [0.25, 0.3) is 0 Å². The molecule has 0 saturated carbocycles. The van der Waals surface area contributed by atoms with E-state index in [1.165, 1.54) is 12.8 Å². The zero-order chi connectivity index (χ0) is 13.5. The molecule has 1 aromatic carbocycles. The lowest BCUT2D eigenvalue weighted by atomic mass is 10.1. The standard InChI is InChI=1S/C15H22ClNO/c1-4-5-6-9-17(12(2)3)15-10-14(16)8-7-13(15)11-18/h7-8,10-12H,4-6,9H2,1-3H3. The van der Waals surface area contributed by atoms with Crippen molar-refractivity contribution in [2.75, 3.05) is 11.4 Å². The smallest absolute Gasteiger partial charge is 0.152 e. The summed E-state index contributed by atoms with van der Waals surface area (Å²) in [6, 6.07) is 5.80. The first-order valence-electron chi connectivity index (χ1n) is 6.61. The lowest BCUT2D eigenvalue weighted by molar-refractivity contribution is 0.112. The molecule has 0 aromatic heterocycles. The topological polar surface area (TPSA) is 20.3 Å². The lowest BCUT2D eigenvalue weighted by Gasteiger charge is -2.30. The van der Waals surface area contributed by atoms with Crippen molar-refractivity contribution in [1.82, 2.24) is 0 Å². The van der Waals surface area contributed by atoms with Crippen LogP contribution < -0.4 is 4.90 Å². The summed E-state index contributed by atoms with van der Waals surface area (Å²) in [4.78, 5) is 13.4. The Morgan fingerprint density at radius 2 is 2.06 bits per heavy atom. The highest BCUT2D eigenvalue weighted by Crippen LogP contribution is 2.26. The van der Waals surface area contributed by atoms with E-state index in [2.05, 4.69) is 25.7 Å². The molecule has 0 aliphatic heterocycles. The number of hydrogen-bond donors (Lipinski definition) is 0. The predicted octanol–water partition coefficient (Wildman–Crippen LogP) is 4.56. The summed E-state index contributed by atoms with van der Waals surface area (Å²) in [5, 5.41) is 0.678. The van der Waals surface area contributed by atoms with Crippen molar-refractivity contribution >= 4 is 23.6 Å². The Morgan fingerprint density at radius 3 is 2.61 bits per heavy atom. The van der Waals surface area contributed by atoms with Gasteiger partial charge in [0.05, 0.1) is 0 Å². The van der Waals surface area contributed by atoms with Crippen molar-refractivity contribution in [3.05, 3.63) is 28.8 Å². The average Bonchev–Trinajstić information content (AvgIpc) is 2.34. The zero-order valence-corrected chi connectivity index (χ0v) is 12.2. The van der Waals surface area contributed by atoms with Gasteiger partial charge in [0.15, 0.2) is 6.29 Å². The van der Waals surface area contributed by atoms with E-state index in [1.54, 1.807) is 12.1 Å². The molecule has 0 saturated heterocycles. The number of carbonyl (C=O) groups is 1. The van der Waals surface area contributed by atoms with Gasteiger partial charge in [0.2, 0.25) is 0 Å². The Balaban J connectivity index is 2.96. The van der Waals surface area contributed by atoms with E-state index in [9.17, 15) is 4.79 Å². The number of benzene rings is 1. The summed E-state index contributed by atoms with van der Waals surface area (Å²) in [5.74, 6) is 0. The number of carbonyl (C=O) groups excluding carboxylic acids is 1. The van der Waals surface area contributed by atoms with E-state index in [0.29, 0.717) is 16.6 Å². The molecular formula is C15H22ClNO. The Hall–Kier alpha value is -1.02. The van der Waals surface area contributed by atoms with Crippen molar-refractivity contribution in [3.8, 4) is 0 Å². The van der Waals surface area contributed by atoms with Crippen molar-refractivity contribution < 1.29 is 4.79 Å². The van der Waals surface area contributed by atoms with Crippen LogP contribution in [0.5, 0.6) is 0 Å². The van der Waals surface area contributed by atoms with Crippen LogP contribution in [0.25, 0.3) is 0 Å². The molecule has 1 rings (SSSR count). The van der Waals surface area contributed by atoms with Crippen molar-refractivity contribution in [2.45, 2.75) is 46.1 Å². The summed E-state index contributed by atoms with van der Waals surface area (Å²) in [6.45, 7) is 7.44. The monoisotopic (exact) mass is 267 g/mol. The second-order valence-corrected chi connectivity index (χ2v) is 5.25. The maximum absolute atomic E-state index is 11.1. The molecule has 0 aliphatic rings. The SMILES string of the molecule is CCCCCN(c1cc(Cl)ccc1C=O)C(C)C. The largest absolute Gasteiger partial charge is 0.368 e. The van der Waals surface area contributed by atoms with E-state index in [-0.39, 0.29) is 0 Å². The summed E-state index contributed by atoms with van der Waals surface area (Å²) in [6.07, 6.45) is 4.45. The van der Waals surface area contributed by atoms with Gasteiger partial charge in [0.1, 0.15) is 0 Å². The fraction of sp³-hybridized carbons (Fsp3) is 0.533. The summed E-state index contributed by atoms with van der Waals surface area (Å²) >= 11 is 6.04. The van der Waals surface area contributed by atoms with Gasteiger partial charge in [-0.15, -0.1) is 0 Å². The van der Waals surface area contributed by atoms with Crippen LogP contribution in [0.15, 0.2) is 18.2 Å². The number of rotatable bonds is 7. The van der Waals surface area contributed by atoms with Crippen molar-refractivity contribution in [3.63, 3.8) is 0 Å². The quantitative estimate of drug-likeness (QED) is 0.533. The molecule has 1 aromatic rings. The van der Waals surface area contributed by atoms with Crippen LogP contribution in [0.2, 0.25) is 5.02 Å². The van der Waals surface area contributed by atoms with Crippen LogP contribution in [-0.2, 0) is 0 Å². The van der Waals surface area contributed by atoms with E-state index in [4.69, 9.17) is 11.6 Å². The summed E-state index contributed by atoms with van der Waals surface area (Å²) < 4.78 is 0. The molecule has 0 aliphatic carbocycles. The third-order valence-corrected chi connectivity index (χ3v) is 3.29. The van der Waals surface area contributed by atoms with Crippen LogP contribution in [-0.4, -0.2) is 18.9 Å². The Labute approximate surface area is 115 Å². The highest BCUT2D eigenvalue weighted by Gasteiger charge is 2.14. The van der Waals surface area contributed by atoms with Crippen LogP contribution in [0.1, 0.15) is 50.4 Å². The lowest BCUT2D eigenvalue weighted by Crippen LogP contribution is -2.32. The fourth-order valence-electron chi connectivity index (χ4n) is 2.05. The highest BCUT2D eigenvalue weighted by atomic mass is 35.5. The van der Waals surface area contributed by atoms with Crippen LogP contribution in [0.4, 0.5) is 5.69 Å². The molecule has 0 atom stereocenters. The molecule has 0 spiro atoms. The van der Waals surface area contributed by atoms with Crippen molar-refractivity contribution in [2.24, 2.45) is 0 Å². The van der Waals surface area contributed by atoms with Gasteiger partial charge in [-0.05, 0) is 38.5 Å². The minimum atomic E-state index is 0.360. The molecular weight excluding hydrogens is 246 g/mol. The number of anilines is 1. The minimum absolute atomic E-state index is 0.360. The number of hydrogen-bond acceptors (Lipinski definition) is 2. The Bertz CT molecular complexity index is 390. The molecule has 0 amide bonds. The van der Waals surface area contributed by atoms with Crippen LogP contribution in [0.3, 0.4) is 0 Å². The molecule has 18 heavy (non-hydrogen) atoms. The molecule has 0 bridgehead atoms. The molecule has 100 valence electrons. The molecule has 0 fully saturated rings. The summed E-state index contributed by atoms with van der Waals surface area (Å²) in [7, 11) is 0. The number of halogens is 1. The van der Waals surface area contributed by atoms with E-state index >= 15 is 0 Å². The molecule has 0 radical (unpaired) electrons. The van der Waals surface area contributed by atoms with Crippen molar-refractivity contribution in [1.29, 1.82) is 0 Å². The Morgan fingerprint density at radius 1 is 1.33 bits per heavy atom. The second kappa shape index (κ2) is 7.42. The number of nitrogens with zero attached hydrogens (tertiary/aromatic N) is 1. The second-order valence-electron chi connectivity index (χ2n) is 4.82.